The highest BCUT2D eigenvalue weighted by atomic mass is 32.1. The van der Waals surface area contributed by atoms with E-state index < -0.39 is 0 Å². The SMILES string of the molecule is CCOc1cccc(-c2ncc(CNC(C)(C)C)s2)c1. The molecule has 108 valence electrons. The molecule has 3 nitrogen and oxygen atoms in total. The fourth-order valence-corrected chi connectivity index (χ4v) is 2.61. The van der Waals surface area contributed by atoms with Crippen LogP contribution >= 0.6 is 11.3 Å². The molecule has 0 atom stereocenters. The van der Waals surface area contributed by atoms with E-state index in [1.165, 1.54) is 4.88 Å². The lowest BCUT2D eigenvalue weighted by atomic mass is 10.1. The monoisotopic (exact) mass is 290 g/mol. The molecule has 2 aromatic rings. The first-order chi connectivity index (χ1) is 9.48. The molecule has 0 aliphatic rings. The van der Waals surface area contributed by atoms with E-state index in [9.17, 15) is 0 Å². The van der Waals surface area contributed by atoms with Gasteiger partial charge >= 0.3 is 0 Å². The number of aromatic nitrogens is 1. The van der Waals surface area contributed by atoms with Crippen LogP contribution in [0.1, 0.15) is 32.6 Å². The van der Waals surface area contributed by atoms with Crippen molar-refractivity contribution in [1.29, 1.82) is 0 Å². The number of benzene rings is 1. The van der Waals surface area contributed by atoms with E-state index in [-0.39, 0.29) is 5.54 Å². The van der Waals surface area contributed by atoms with Crippen molar-refractivity contribution in [3.63, 3.8) is 0 Å². The highest BCUT2D eigenvalue weighted by Crippen LogP contribution is 2.28. The molecule has 0 fully saturated rings. The van der Waals surface area contributed by atoms with Crippen LogP contribution in [-0.2, 0) is 6.54 Å². The molecule has 1 aromatic carbocycles. The van der Waals surface area contributed by atoms with Crippen LogP contribution in [0.2, 0.25) is 0 Å². The Balaban J connectivity index is 2.10. The standard InChI is InChI=1S/C16H22N2OS/c1-5-19-13-8-6-7-12(9-13)15-17-10-14(20-15)11-18-16(2,3)4/h6-10,18H,5,11H2,1-4H3. The Hall–Kier alpha value is -1.39. The molecule has 0 spiro atoms. The average molecular weight is 290 g/mol. The molecule has 1 N–H and O–H groups in total. The van der Waals surface area contributed by atoms with Gasteiger partial charge in [0, 0.05) is 28.7 Å². The zero-order valence-corrected chi connectivity index (χ0v) is 13.4. The first-order valence-corrected chi connectivity index (χ1v) is 7.72. The van der Waals surface area contributed by atoms with Crippen molar-refractivity contribution in [1.82, 2.24) is 10.3 Å². The van der Waals surface area contributed by atoms with Crippen LogP contribution in [0.25, 0.3) is 10.6 Å². The molecule has 2 rings (SSSR count). The van der Waals surface area contributed by atoms with Crippen LogP contribution in [0.15, 0.2) is 30.5 Å². The summed E-state index contributed by atoms with van der Waals surface area (Å²) in [5.41, 5.74) is 1.24. The molecule has 1 aromatic heterocycles. The Morgan fingerprint density at radius 1 is 1.30 bits per heavy atom. The molecule has 0 unspecified atom stereocenters. The maximum Gasteiger partial charge on any atom is 0.123 e. The second-order valence-corrected chi connectivity index (χ2v) is 6.81. The summed E-state index contributed by atoms with van der Waals surface area (Å²) >= 11 is 1.72. The van der Waals surface area contributed by atoms with Gasteiger partial charge in [0.05, 0.1) is 6.61 Å². The number of rotatable bonds is 5. The zero-order chi connectivity index (χ0) is 14.6. The van der Waals surface area contributed by atoms with E-state index in [1.807, 2.05) is 31.3 Å². The molecule has 1 heterocycles. The van der Waals surface area contributed by atoms with Gasteiger partial charge in [0.1, 0.15) is 10.8 Å². The minimum absolute atomic E-state index is 0.124. The summed E-state index contributed by atoms with van der Waals surface area (Å²) in [5, 5.41) is 4.52. The summed E-state index contributed by atoms with van der Waals surface area (Å²) in [5.74, 6) is 0.898. The molecule has 0 bridgehead atoms. The maximum atomic E-state index is 5.53. The van der Waals surface area contributed by atoms with E-state index in [0.29, 0.717) is 6.61 Å². The first-order valence-electron chi connectivity index (χ1n) is 6.91. The molecular formula is C16H22N2OS. The summed E-state index contributed by atoms with van der Waals surface area (Å²) in [4.78, 5) is 5.76. The van der Waals surface area contributed by atoms with Crippen LogP contribution in [0.3, 0.4) is 0 Å². The van der Waals surface area contributed by atoms with Crippen molar-refractivity contribution in [2.75, 3.05) is 6.61 Å². The van der Waals surface area contributed by atoms with Gasteiger partial charge in [-0.1, -0.05) is 12.1 Å². The number of ether oxygens (including phenoxy) is 1. The van der Waals surface area contributed by atoms with Gasteiger partial charge in [-0.05, 0) is 39.8 Å². The van der Waals surface area contributed by atoms with Gasteiger partial charge in [-0.15, -0.1) is 11.3 Å². The highest BCUT2D eigenvalue weighted by Gasteiger charge is 2.11. The summed E-state index contributed by atoms with van der Waals surface area (Å²) < 4.78 is 5.53. The first kappa shape index (κ1) is 15.0. The van der Waals surface area contributed by atoms with Gasteiger partial charge in [0.15, 0.2) is 0 Å². The predicted molar refractivity (Wildman–Crippen MR) is 85.3 cm³/mol. The molecule has 20 heavy (non-hydrogen) atoms. The summed E-state index contributed by atoms with van der Waals surface area (Å²) in [6.45, 7) is 10.0. The Kier molecular flexibility index (Phi) is 4.78. The summed E-state index contributed by atoms with van der Waals surface area (Å²) in [7, 11) is 0. The normalized spacial score (nSPS) is 11.6. The van der Waals surface area contributed by atoms with Crippen molar-refractivity contribution >= 4 is 11.3 Å². The van der Waals surface area contributed by atoms with E-state index in [4.69, 9.17) is 4.74 Å². The van der Waals surface area contributed by atoms with E-state index >= 15 is 0 Å². The van der Waals surface area contributed by atoms with Crippen molar-refractivity contribution in [2.45, 2.75) is 39.8 Å². The molecule has 0 saturated carbocycles. The third-order valence-electron chi connectivity index (χ3n) is 2.74. The number of nitrogens with one attached hydrogen (secondary N) is 1. The van der Waals surface area contributed by atoms with E-state index in [1.54, 1.807) is 11.3 Å². The van der Waals surface area contributed by atoms with Crippen molar-refractivity contribution in [3.05, 3.63) is 35.3 Å². The third-order valence-corrected chi connectivity index (χ3v) is 3.78. The summed E-state index contributed by atoms with van der Waals surface area (Å²) in [6, 6.07) is 8.10. The highest BCUT2D eigenvalue weighted by molar-refractivity contribution is 7.15. The number of nitrogens with zero attached hydrogens (tertiary/aromatic N) is 1. The van der Waals surface area contributed by atoms with Crippen LogP contribution in [0, 0.1) is 0 Å². The van der Waals surface area contributed by atoms with Gasteiger partial charge < -0.3 is 10.1 Å². The smallest absolute Gasteiger partial charge is 0.123 e. The fourth-order valence-electron chi connectivity index (χ4n) is 1.76. The largest absolute Gasteiger partial charge is 0.494 e. The van der Waals surface area contributed by atoms with E-state index in [0.717, 1.165) is 22.9 Å². The Morgan fingerprint density at radius 2 is 2.10 bits per heavy atom. The molecule has 0 radical (unpaired) electrons. The van der Waals surface area contributed by atoms with Crippen LogP contribution in [0.5, 0.6) is 5.75 Å². The maximum absolute atomic E-state index is 5.53. The molecule has 0 aliphatic heterocycles. The molecular weight excluding hydrogens is 268 g/mol. The minimum Gasteiger partial charge on any atom is -0.494 e. The Bertz CT molecular complexity index is 558. The molecule has 0 saturated heterocycles. The number of hydrogen-bond acceptors (Lipinski definition) is 4. The van der Waals surface area contributed by atoms with E-state index in [2.05, 4.69) is 37.1 Å². The van der Waals surface area contributed by atoms with Crippen LogP contribution in [-0.4, -0.2) is 17.1 Å². The van der Waals surface area contributed by atoms with Crippen molar-refractivity contribution < 1.29 is 4.74 Å². The van der Waals surface area contributed by atoms with Gasteiger partial charge in [0.25, 0.3) is 0 Å². The Labute approximate surface area is 125 Å². The minimum atomic E-state index is 0.124. The average Bonchev–Trinajstić information content (AvgIpc) is 2.85. The van der Waals surface area contributed by atoms with Crippen LogP contribution < -0.4 is 10.1 Å². The predicted octanol–water partition coefficient (Wildman–Crippen LogP) is 4.10. The van der Waals surface area contributed by atoms with Gasteiger partial charge in [-0.2, -0.15) is 0 Å². The zero-order valence-electron chi connectivity index (χ0n) is 12.6. The molecule has 4 heteroatoms. The lowest BCUT2D eigenvalue weighted by Gasteiger charge is -2.19. The topological polar surface area (TPSA) is 34.1 Å². The number of hydrogen-bond donors (Lipinski definition) is 1. The Morgan fingerprint density at radius 3 is 2.80 bits per heavy atom. The van der Waals surface area contributed by atoms with Gasteiger partial charge in [0.2, 0.25) is 0 Å². The lowest BCUT2D eigenvalue weighted by Crippen LogP contribution is -2.34. The van der Waals surface area contributed by atoms with Crippen molar-refractivity contribution in [3.8, 4) is 16.3 Å². The second kappa shape index (κ2) is 6.37. The number of thiazole rings is 1. The second-order valence-electron chi connectivity index (χ2n) is 5.70. The molecule has 0 aliphatic carbocycles. The quantitative estimate of drug-likeness (QED) is 0.900. The molecule has 0 amide bonds. The lowest BCUT2D eigenvalue weighted by molar-refractivity contribution is 0.340. The van der Waals surface area contributed by atoms with Gasteiger partial charge in [-0.25, -0.2) is 4.98 Å². The van der Waals surface area contributed by atoms with Gasteiger partial charge in [-0.3, -0.25) is 0 Å². The third kappa shape index (κ3) is 4.32. The fraction of sp³-hybridized carbons (Fsp3) is 0.438. The summed E-state index contributed by atoms with van der Waals surface area (Å²) in [6.07, 6.45) is 1.95. The van der Waals surface area contributed by atoms with Crippen molar-refractivity contribution in [2.24, 2.45) is 0 Å². The van der Waals surface area contributed by atoms with Crippen LogP contribution in [0.4, 0.5) is 0 Å².